The van der Waals surface area contributed by atoms with Crippen molar-refractivity contribution in [1.29, 1.82) is 0 Å². The van der Waals surface area contributed by atoms with E-state index in [1.165, 1.54) is 5.56 Å². The molecule has 0 bridgehead atoms. The van der Waals surface area contributed by atoms with Gasteiger partial charge in [-0.25, -0.2) is 8.78 Å². The Labute approximate surface area is 95.1 Å². The third-order valence-electron chi connectivity index (χ3n) is 2.59. The van der Waals surface area contributed by atoms with E-state index >= 15 is 0 Å². The average molecular weight is 228 g/mol. The van der Waals surface area contributed by atoms with Gasteiger partial charge in [0.15, 0.2) is 0 Å². The number of hydrogen-bond donors (Lipinski definition) is 1. The summed E-state index contributed by atoms with van der Waals surface area (Å²) in [5, 5.41) is 0. The standard InChI is InChI=1S/C12H18F2N2/c1-9-7-11(16(2)8-12(13)14)4-3-10(9)5-6-15/h3-4,7,12H,5-6,8,15H2,1-2H3. The number of hydrogen-bond acceptors (Lipinski definition) is 2. The van der Waals surface area contributed by atoms with E-state index in [-0.39, 0.29) is 6.54 Å². The van der Waals surface area contributed by atoms with Gasteiger partial charge in [-0.1, -0.05) is 6.07 Å². The van der Waals surface area contributed by atoms with Gasteiger partial charge in [-0.2, -0.15) is 0 Å². The lowest BCUT2D eigenvalue weighted by Gasteiger charge is -2.20. The molecule has 0 amide bonds. The number of benzene rings is 1. The highest BCUT2D eigenvalue weighted by molar-refractivity contribution is 5.50. The highest BCUT2D eigenvalue weighted by Gasteiger charge is 2.09. The summed E-state index contributed by atoms with van der Waals surface area (Å²) < 4.78 is 24.4. The first-order chi connectivity index (χ1) is 7.54. The molecule has 0 aliphatic rings. The van der Waals surface area contributed by atoms with Crippen LogP contribution in [0.5, 0.6) is 0 Å². The minimum absolute atomic E-state index is 0.240. The Morgan fingerprint density at radius 3 is 2.56 bits per heavy atom. The first-order valence-corrected chi connectivity index (χ1v) is 5.33. The predicted molar refractivity (Wildman–Crippen MR) is 63.2 cm³/mol. The topological polar surface area (TPSA) is 29.3 Å². The average Bonchev–Trinajstić information content (AvgIpc) is 2.20. The quantitative estimate of drug-likeness (QED) is 0.837. The van der Waals surface area contributed by atoms with E-state index in [9.17, 15) is 8.78 Å². The third kappa shape index (κ3) is 3.45. The molecule has 0 unspecified atom stereocenters. The Morgan fingerprint density at radius 2 is 2.06 bits per heavy atom. The second kappa shape index (κ2) is 5.80. The summed E-state index contributed by atoms with van der Waals surface area (Å²) in [5.74, 6) is 0. The van der Waals surface area contributed by atoms with Crippen molar-refractivity contribution in [3.8, 4) is 0 Å². The van der Waals surface area contributed by atoms with Crippen LogP contribution in [0.4, 0.5) is 14.5 Å². The predicted octanol–water partition coefficient (Wildman–Crippen LogP) is 2.20. The Kier molecular flexibility index (Phi) is 4.68. The number of aryl methyl sites for hydroxylation is 1. The summed E-state index contributed by atoms with van der Waals surface area (Å²) in [6, 6.07) is 5.74. The van der Waals surface area contributed by atoms with Gasteiger partial charge in [-0.3, -0.25) is 0 Å². The second-order valence-corrected chi connectivity index (χ2v) is 3.92. The molecule has 1 aromatic rings. The summed E-state index contributed by atoms with van der Waals surface area (Å²) in [7, 11) is 1.67. The summed E-state index contributed by atoms with van der Waals surface area (Å²) in [6.45, 7) is 2.34. The van der Waals surface area contributed by atoms with Gasteiger partial charge >= 0.3 is 0 Å². The van der Waals surface area contributed by atoms with Gasteiger partial charge in [0.05, 0.1) is 6.54 Å². The molecule has 1 rings (SSSR count). The van der Waals surface area contributed by atoms with Crippen LogP contribution in [0.2, 0.25) is 0 Å². The Bertz CT molecular complexity index is 340. The zero-order valence-electron chi connectivity index (χ0n) is 9.71. The van der Waals surface area contributed by atoms with Crippen LogP contribution in [0.3, 0.4) is 0 Å². The molecule has 1 aromatic carbocycles. The monoisotopic (exact) mass is 228 g/mol. The highest BCUT2D eigenvalue weighted by atomic mass is 19.3. The van der Waals surface area contributed by atoms with E-state index in [1.54, 1.807) is 11.9 Å². The molecule has 0 saturated carbocycles. The lowest BCUT2D eigenvalue weighted by atomic mass is 10.0. The summed E-state index contributed by atoms with van der Waals surface area (Å²) in [4.78, 5) is 1.56. The zero-order chi connectivity index (χ0) is 12.1. The Balaban J connectivity index is 2.79. The van der Waals surface area contributed by atoms with Crippen molar-refractivity contribution in [2.45, 2.75) is 19.8 Å². The van der Waals surface area contributed by atoms with Crippen molar-refractivity contribution >= 4 is 5.69 Å². The number of nitrogens with two attached hydrogens (primary N) is 1. The van der Waals surface area contributed by atoms with Gasteiger partial charge < -0.3 is 10.6 Å². The second-order valence-electron chi connectivity index (χ2n) is 3.92. The Hall–Kier alpha value is -1.16. The number of halogens is 2. The van der Waals surface area contributed by atoms with Crippen molar-refractivity contribution < 1.29 is 8.78 Å². The van der Waals surface area contributed by atoms with Crippen LogP contribution in [-0.2, 0) is 6.42 Å². The SMILES string of the molecule is Cc1cc(N(C)CC(F)F)ccc1CCN. The van der Waals surface area contributed by atoms with Gasteiger partial charge in [0, 0.05) is 12.7 Å². The van der Waals surface area contributed by atoms with E-state index in [2.05, 4.69) is 0 Å². The molecule has 0 saturated heterocycles. The van der Waals surface area contributed by atoms with Crippen LogP contribution in [-0.4, -0.2) is 26.6 Å². The Morgan fingerprint density at radius 1 is 1.38 bits per heavy atom. The maximum absolute atomic E-state index is 12.2. The summed E-state index contributed by atoms with van der Waals surface area (Å²) in [5.41, 5.74) is 8.58. The zero-order valence-corrected chi connectivity index (χ0v) is 9.71. The minimum atomic E-state index is -2.31. The van der Waals surface area contributed by atoms with Crippen LogP contribution >= 0.6 is 0 Å². The fourth-order valence-electron chi connectivity index (χ4n) is 1.67. The number of nitrogens with zero attached hydrogens (tertiary/aromatic N) is 1. The van der Waals surface area contributed by atoms with Gasteiger partial charge in [0.1, 0.15) is 0 Å². The van der Waals surface area contributed by atoms with Crippen molar-refractivity contribution in [1.82, 2.24) is 0 Å². The first-order valence-electron chi connectivity index (χ1n) is 5.33. The molecular weight excluding hydrogens is 210 g/mol. The molecule has 0 aromatic heterocycles. The molecule has 0 aliphatic carbocycles. The molecule has 4 heteroatoms. The molecule has 90 valence electrons. The normalized spacial score (nSPS) is 10.9. The van der Waals surface area contributed by atoms with E-state index in [4.69, 9.17) is 5.73 Å². The van der Waals surface area contributed by atoms with Crippen LogP contribution in [0.1, 0.15) is 11.1 Å². The first kappa shape index (κ1) is 12.9. The van der Waals surface area contributed by atoms with Gasteiger partial charge in [-0.15, -0.1) is 0 Å². The fourth-order valence-corrected chi connectivity index (χ4v) is 1.67. The molecule has 16 heavy (non-hydrogen) atoms. The highest BCUT2D eigenvalue weighted by Crippen LogP contribution is 2.19. The molecule has 2 N–H and O–H groups in total. The van der Waals surface area contributed by atoms with Crippen molar-refractivity contribution in [2.24, 2.45) is 5.73 Å². The number of anilines is 1. The van der Waals surface area contributed by atoms with E-state index in [1.807, 2.05) is 25.1 Å². The lowest BCUT2D eigenvalue weighted by Crippen LogP contribution is -2.24. The molecule has 0 aliphatic heterocycles. The molecule has 0 heterocycles. The van der Waals surface area contributed by atoms with E-state index in [0.717, 1.165) is 17.7 Å². The van der Waals surface area contributed by atoms with Crippen LogP contribution < -0.4 is 10.6 Å². The van der Waals surface area contributed by atoms with Crippen LogP contribution in [0.25, 0.3) is 0 Å². The van der Waals surface area contributed by atoms with Gasteiger partial charge in [0.25, 0.3) is 6.43 Å². The minimum Gasteiger partial charge on any atom is -0.369 e. The van der Waals surface area contributed by atoms with E-state index in [0.29, 0.717) is 6.54 Å². The van der Waals surface area contributed by atoms with Crippen LogP contribution in [0.15, 0.2) is 18.2 Å². The maximum Gasteiger partial charge on any atom is 0.255 e. The number of alkyl halides is 2. The molecule has 0 fully saturated rings. The summed E-state index contributed by atoms with van der Waals surface area (Å²) >= 11 is 0. The molecule has 0 atom stereocenters. The van der Waals surface area contributed by atoms with Crippen molar-refractivity contribution in [3.05, 3.63) is 29.3 Å². The maximum atomic E-state index is 12.2. The molecule has 2 nitrogen and oxygen atoms in total. The van der Waals surface area contributed by atoms with Gasteiger partial charge in [-0.05, 0) is 43.1 Å². The summed E-state index contributed by atoms with van der Waals surface area (Å²) in [6.07, 6.45) is -1.49. The van der Waals surface area contributed by atoms with E-state index < -0.39 is 6.43 Å². The van der Waals surface area contributed by atoms with Crippen LogP contribution in [0, 0.1) is 6.92 Å². The molecular formula is C12H18F2N2. The number of rotatable bonds is 5. The fraction of sp³-hybridized carbons (Fsp3) is 0.500. The van der Waals surface area contributed by atoms with Crippen molar-refractivity contribution in [2.75, 3.05) is 25.0 Å². The smallest absolute Gasteiger partial charge is 0.255 e. The largest absolute Gasteiger partial charge is 0.369 e. The van der Waals surface area contributed by atoms with Gasteiger partial charge in [0.2, 0.25) is 0 Å². The lowest BCUT2D eigenvalue weighted by molar-refractivity contribution is 0.156. The molecule has 0 radical (unpaired) electrons. The molecule has 0 spiro atoms. The third-order valence-corrected chi connectivity index (χ3v) is 2.59. The van der Waals surface area contributed by atoms with Crippen molar-refractivity contribution in [3.63, 3.8) is 0 Å².